The summed E-state index contributed by atoms with van der Waals surface area (Å²) >= 11 is 0. The molecule has 6 heteroatoms. The van der Waals surface area contributed by atoms with Crippen molar-refractivity contribution >= 4 is 23.2 Å². The first-order valence-corrected chi connectivity index (χ1v) is 7.94. The third kappa shape index (κ3) is 6.00. The fraction of sp³-hybridized carbons (Fsp3) is 0.263. The molecule has 132 valence electrons. The maximum absolute atomic E-state index is 13.1. The normalized spacial score (nSPS) is 10.6. The summed E-state index contributed by atoms with van der Waals surface area (Å²) in [7, 11) is 1.67. The zero-order valence-corrected chi connectivity index (χ0v) is 14.6. The van der Waals surface area contributed by atoms with Gasteiger partial charge in [-0.3, -0.25) is 14.5 Å². The van der Waals surface area contributed by atoms with Gasteiger partial charge in [-0.05, 0) is 62.4 Å². The number of nitrogens with one attached hydrogen (secondary N) is 2. The highest BCUT2D eigenvalue weighted by molar-refractivity contribution is 5.94. The number of likely N-dealkylation sites (N-methyl/N-ethyl adjacent to an activating group) is 1. The molecule has 2 aromatic rings. The van der Waals surface area contributed by atoms with Crippen LogP contribution in [0, 0.1) is 19.7 Å². The van der Waals surface area contributed by atoms with Gasteiger partial charge in [0.25, 0.3) is 0 Å². The number of benzene rings is 2. The van der Waals surface area contributed by atoms with Gasteiger partial charge in [-0.15, -0.1) is 0 Å². The Labute approximate surface area is 146 Å². The van der Waals surface area contributed by atoms with Crippen LogP contribution in [0.15, 0.2) is 42.5 Å². The van der Waals surface area contributed by atoms with Crippen LogP contribution in [0.3, 0.4) is 0 Å². The molecule has 5 nitrogen and oxygen atoms in total. The van der Waals surface area contributed by atoms with E-state index < -0.39 is 5.82 Å². The maximum atomic E-state index is 13.1. The summed E-state index contributed by atoms with van der Waals surface area (Å²) in [4.78, 5) is 25.6. The Morgan fingerprint density at radius 3 is 2.08 bits per heavy atom. The molecule has 2 N–H and O–H groups in total. The summed E-state index contributed by atoms with van der Waals surface area (Å²) in [6, 6.07) is 11.4. The van der Waals surface area contributed by atoms with Gasteiger partial charge < -0.3 is 10.6 Å². The van der Waals surface area contributed by atoms with Crippen LogP contribution in [0.25, 0.3) is 0 Å². The van der Waals surface area contributed by atoms with Gasteiger partial charge in [-0.1, -0.05) is 12.1 Å². The first-order chi connectivity index (χ1) is 11.8. The number of hydrogen-bond donors (Lipinski definition) is 2. The number of carbonyl (C=O) groups is 2. The van der Waals surface area contributed by atoms with E-state index >= 15 is 0 Å². The average Bonchev–Trinajstić information content (AvgIpc) is 2.50. The topological polar surface area (TPSA) is 61.4 Å². The van der Waals surface area contributed by atoms with Gasteiger partial charge >= 0.3 is 0 Å². The van der Waals surface area contributed by atoms with Crippen LogP contribution in [0.2, 0.25) is 0 Å². The van der Waals surface area contributed by atoms with Crippen LogP contribution in [-0.4, -0.2) is 36.9 Å². The highest BCUT2D eigenvalue weighted by Gasteiger charge is 2.11. The Balaban J connectivity index is 1.82. The number of amides is 2. The van der Waals surface area contributed by atoms with Crippen LogP contribution < -0.4 is 10.6 Å². The lowest BCUT2D eigenvalue weighted by atomic mass is 10.1. The minimum Gasteiger partial charge on any atom is -0.325 e. The molecule has 2 amide bonds. The molecule has 0 aliphatic rings. The standard InChI is InChI=1S/C19H22FN3O2/c1-13-7-8-17(9-14(13)2)22-19(25)12-23(3)11-18(24)21-16-6-4-5-15(20)10-16/h4-10H,11-12H2,1-3H3,(H,21,24)(H,22,25). The molecular formula is C19H22FN3O2. The monoisotopic (exact) mass is 343 g/mol. The van der Waals surface area contributed by atoms with Crippen molar-refractivity contribution in [2.75, 3.05) is 30.8 Å². The smallest absolute Gasteiger partial charge is 0.238 e. The van der Waals surface area contributed by atoms with Crippen molar-refractivity contribution in [1.29, 1.82) is 0 Å². The number of aryl methyl sites for hydroxylation is 2. The second-order valence-electron chi connectivity index (χ2n) is 6.08. The van der Waals surface area contributed by atoms with E-state index in [0.717, 1.165) is 16.8 Å². The number of nitrogens with zero attached hydrogens (tertiary/aromatic N) is 1. The fourth-order valence-corrected chi connectivity index (χ4v) is 2.33. The Kier molecular flexibility index (Phi) is 6.25. The van der Waals surface area contributed by atoms with E-state index in [1.165, 1.54) is 18.2 Å². The lowest BCUT2D eigenvalue weighted by Crippen LogP contribution is -2.36. The fourth-order valence-electron chi connectivity index (χ4n) is 2.33. The number of halogens is 1. The second-order valence-corrected chi connectivity index (χ2v) is 6.08. The molecule has 0 spiro atoms. The summed E-state index contributed by atoms with van der Waals surface area (Å²) in [5.41, 5.74) is 3.37. The molecule has 0 aromatic heterocycles. The molecule has 0 radical (unpaired) electrons. The van der Waals surface area contributed by atoms with E-state index in [2.05, 4.69) is 10.6 Å². The van der Waals surface area contributed by atoms with Crippen molar-refractivity contribution in [3.05, 3.63) is 59.4 Å². The highest BCUT2D eigenvalue weighted by Crippen LogP contribution is 2.14. The van der Waals surface area contributed by atoms with Crippen molar-refractivity contribution < 1.29 is 14.0 Å². The quantitative estimate of drug-likeness (QED) is 0.848. The van der Waals surface area contributed by atoms with Crippen LogP contribution in [0.5, 0.6) is 0 Å². The Bertz CT molecular complexity index is 777. The van der Waals surface area contributed by atoms with Crippen LogP contribution in [-0.2, 0) is 9.59 Å². The Morgan fingerprint density at radius 2 is 1.52 bits per heavy atom. The summed E-state index contributed by atoms with van der Waals surface area (Å²) in [5, 5.41) is 5.41. The largest absolute Gasteiger partial charge is 0.325 e. The summed E-state index contributed by atoms with van der Waals surface area (Å²) in [5.74, 6) is -0.935. The van der Waals surface area contributed by atoms with Gasteiger partial charge in [0, 0.05) is 11.4 Å². The SMILES string of the molecule is Cc1ccc(NC(=O)CN(C)CC(=O)Nc2cccc(F)c2)cc1C. The predicted octanol–water partition coefficient (Wildman–Crippen LogP) is 2.95. The number of carbonyl (C=O) groups excluding carboxylic acids is 2. The summed E-state index contributed by atoms with van der Waals surface area (Å²) in [6.45, 7) is 4.08. The minimum absolute atomic E-state index is 0.0247. The highest BCUT2D eigenvalue weighted by atomic mass is 19.1. The molecule has 0 saturated carbocycles. The molecule has 0 fully saturated rings. The Hall–Kier alpha value is -2.73. The van der Waals surface area contributed by atoms with E-state index in [1.807, 2.05) is 32.0 Å². The lowest BCUT2D eigenvalue weighted by Gasteiger charge is -2.16. The van der Waals surface area contributed by atoms with E-state index in [-0.39, 0.29) is 24.9 Å². The third-order valence-electron chi connectivity index (χ3n) is 3.73. The van der Waals surface area contributed by atoms with Gasteiger partial charge in [0.15, 0.2) is 0 Å². The van der Waals surface area contributed by atoms with E-state index in [9.17, 15) is 14.0 Å². The predicted molar refractivity (Wildman–Crippen MR) is 97.1 cm³/mol. The third-order valence-corrected chi connectivity index (χ3v) is 3.73. The van der Waals surface area contributed by atoms with Crippen molar-refractivity contribution in [1.82, 2.24) is 4.90 Å². The van der Waals surface area contributed by atoms with Crippen molar-refractivity contribution in [3.63, 3.8) is 0 Å². The summed E-state index contributed by atoms with van der Waals surface area (Å²) in [6.07, 6.45) is 0. The average molecular weight is 343 g/mol. The molecule has 0 saturated heterocycles. The molecule has 0 heterocycles. The number of hydrogen-bond acceptors (Lipinski definition) is 3. The zero-order chi connectivity index (χ0) is 18.4. The van der Waals surface area contributed by atoms with Crippen molar-refractivity contribution in [3.8, 4) is 0 Å². The molecule has 2 aromatic carbocycles. The van der Waals surface area contributed by atoms with Gasteiger partial charge in [0.2, 0.25) is 11.8 Å². The molecule has 0 atom stereocenters. The summed E-state index contributed by atoms with van der Waals surface area (Å²) < 4.78 is 13.1. The van der Waals surface area contributed by atoms with Gasteiger partial charge in [-0.25, -0.2) is 4.39 Å². The molecule has 0 aliphatic heterocycles. The molecule has 0 bridgehead atoms. The van der Waals surface area contributed by atoms with E-state index in [1.54, 1.807) is 18.0 Å². The molecule has 2 rings (SSSR count). The Morgan fingerprint density at radius 1 is 0.920 bits per heavy atom. The maximum Gasteiger partial charge on any atom is 0.238 e. The molecule has 0 unspecified atom stereocenters. The second kappa shape index (κ2) is 8.39. The lowest BCUT2D eigenvalue weighted by molar-refractivity contribution is -0.119. The minimum atomic E-state index is -0.418. The first-order valence-electron chi connectivity index (χ1n) is 7.94. The number of rotatable bonds is 6. The van der Waals surface area contributed by atoms with E-state index in [0.29, 0.717) is 5.69 Å². The van der Waals surface area contributed by atoms with Gasteiger partial charge in [0.1, 0.15) is 5.82 Å². The van der Waals surface area contributed by atoms with Gasteiger partial charge in [-0.2, -0.15) is 0 Å². The van der Waals surface area contributed by atoms with Crippen LogP contribution in [0.4, 0.5) is 15.8 Å². The van der Waals surface area contributed by atoms with Crippen molar-refractivity contribution in [2.45, 2.75) is 13.8 Å². The van der Waals surface area contributed by atoms with Crippen molar-refractivity contribution in [2.24, 2.45) is 0 Å². The molecule has 25 heavy (non-hydrogen) atoms. The molecule has 0 aliphatic carbocycles. The number of anilines is 2. The van der Waals surface area contributed by atoms with Gasteiger partial charge in [0.05, 0.1) is 13.1 Å². The first kappa shape index (κ1) is 18.6. The van der Waals surface area contributed by atoms with Crippen LogP contribution >= 0.6 is 0 Å². The van der Waals surface area contributed by atoms with Crippen LogP contribution in [0.1, 0.15) is 11.1 Å². The zero-order valence-electron chi connectivity index (χ0n) is 14.6. The molecular weight excluding hydrogens is 321 g/mol. The van der Waals surface area contributed by atoms with E-state index in [4.69, 9.17) is 0 Å².